The van der Waals surface area contributed by atoms with E-state index in [1.54, 1.807) is 0 Å². The number of hydrogen-bond donors (Lipinski definition) is 0. The quantitative estimate of drug-likeness (QED) is 0.668. The highest BCUT2D eigenvalue weighted by Gasteiger charge is 2.30. The molecule has 1 fully saturated rings. The zero-order valence-electron chi connectivity index (χ0n) is 7.93. The van der Waals surface area contributed by atoms with Crippen molar-refractivity contribution in [2.75, 3.05) is 0 Å². The van der Waals surface area contributed by atoms with Crippen molar-refractivity contribution in [3.63, 3.8) is 0 Å². The van der Waals surface area contributed by atoms with E-state index in [-0.39, 0.29) is 5.92 Å². The van der Waals surface area contributed by atoms with Crippen molar-refractivity contribution in [1.29, 1.82) is 0 Å². The van der Waals surface area contributed by atoms with Gasteiger partial charge in [-0.1, -0.05) is 13.3 Å². The van der Waals surface area contributed by atoms with Gasteiger partial charge in [0.2, 0.25) is 5.78 Å². The molecule has 1 nitrogen and oxygen atoms in total. The maximum Gasteiger partial charge on any atom is 0.296 e. The van der Waals surface area contributed by atoms with E-state index in [2.05, 4.69) is 6.92 Å². The van der Waals surface area contributed by atoms with Crippen LogP contribution in [0.1, 0.15) is 39.0 Å². The van der Waals surface area contributed by atoms with Crippen molar-refractivity contribution < 1.29 is 13.6 Å². The minimum atomic E-state index is -2.76. The van der Waals surface area contributed by atoms with Gasteiger partial charge < -0.3 is 0 Å². The minimum absolute atomic E-state index is 0.359. The summed E-state index contributed by atoms with van der Waals surface area (Å²) in [5, 5.41) is 0. The summed E-state index contributed by atoms with van der Waals surface area (Å²) in [7, 11) is 0. The van der Waals surface area contributed by atoms with E-state index in [0.717, 1.165) is 19.3 Å². The van der Waals surface area contributed by atoms with Gasteiger partial charge in [-0.25, -0.2) is 8.78 Å². The maximum atomic E-state index is 12.0. The SMILES string of the molecule is CCC1CCC(C(=O)C(F)F)CC1. The second-order valence-corrected chi connectivity index (χ2v) is 3.83. The van der Waals surface area contributed by atoms with E-state index in [9.17, 15) is 13.6 Å². The van der Waals surface area contributed by atoms with Gasteiger partial charge in [0.15, 0.2) is 0 Å². The molecule has 0 unspecified atom stereocenters. The molecule has 0 heterocycles. The lowest BCUT2D eigenvalue weighted by atomic mass is 9.79. The van der Waals surface area contributed by atoms with Crippen LogP contribution < -0.4 is 0 Å². The van der Waals surface area contributed by atoms with Crippen LogP contribution in [0.25, 0.3) is 0 Å². The van der Waals surface area contributed by atoms with Crippen LogP contribution in [0.4, 0.5) is 8.78 Å². The molecular formula is C10H16F2O. The fourth-order valence-corrected chi connectivity index (χ4v) is 2.03. The van der Waals surface area contributed by atoms with Gasteiger partial charge in [-0.05, 0) is 31.6 Å². The normalized spacial score (nSPS) is 29.2. The molecule has 1 rings (SSSR count). The molecule has 1 aliphatic carbocycles. The van der Waals surface area contributed by atoms with Crippen LogP contribution in [0.5, 0.6) is 0 Å². The monoisotopic (exact) mass is 190 g/mol. The zero-order valence-corrected chi connectivity index (χ0v) is 7.93. The minimum Gasteiger partial charge on any atom is -0.293 e. The summed E-state index contributed by atoms with van der Waals surface area (Å²) in [4.78, 5) is 10.9. The third-order valence-corrected chi connectivity index (χ3v) is 3.04. The van der Waals surface area contributed by atoms with Crippen LogP contribution in [0.2, 0.25) is 0 Å². The lowest BCUT2D eigenvalue weighted by Crippen LogP contribution is -2.26. The standard InChI is InChI=1S/C10H16F2O/c1-2-7-3-5-8(6-4-7)9(13)10(11)12/h7-8,10H,2-6H2,1H3. The van der Waals surface area contributed by atoms with Gasteiger partial charge in [0.05, 0.1) is 0 Å². The first-order valence-electron chi connectivity index (χ1n) is 4.97. The second-order valence-electron chi connectivity index (χ2n) is 3.83. The van der Waals surface area contributed by atoms with Crippen LogP contribution in [-0.4, -0.2) is 12.2 Å². The third-order valence-electron chi connectivity index (χ3n) is 3.04. The number of alkyl halides is 2. The lowest BCUT2D eigenvalue weighted by Gasteiger charge is -2.26. The molecule has 0 aliphatic heterocycles. The van der Waals surface area contributed by atoms with E-state index < -0.39 is 12.2 Å². The summed E-state index contributed by atoms with van der Waals surface area (Å²) < 4.78 is 24.1. The van der Waals surface area contributed by atoms with E-state index in [1.807, 2.05) is 0 Å². The number of carbonyl (C=O) groups is 1. The largest absolute Gasteiger partial charge is 0.296 e. The molecule has 0 aromatic heterocycles. The summed E-state index contributed by atoms with van der Waals surface area (Å²) in [6.07, 6.45) is 1.57. The molecule has 0 aromatic carbocycles. The summed E-state index contributed by atoms with van der Waals surface area (Å²) >= 11 is 0. The molecule has 0 amide bonds. The lowest BCUT2D eigenvalue weighted by molar-refractivity contribution is -0.134. The number of hydrogen-bond acceptors (Lipinski definition) is 1. The van der Waals surface area contributed by atoms with Gasteiger partial charge >= 0.3 is 0 Å². The fourth-order valence-electron chi connectivity index (χ4n) is 2.03. The van der Waals surface area contributed by atoms with Crippen molar-refractivity contribution in [3.05, 3.63) is 0 Å². The summed E-state index contributed by atoms with van der Waals surface area (Å²) in [6, 6.07) is 0. The van der Waals surface area contributed by atoms with Gasteiger partial charge in [0.25, 0.3) is 6.43 Å². The van der Waals surface area contributed by atoms with Crippen molar-refractivity contribution in [2.24, 2.45) is 11.8 Å². The Labute approximate surface area is 77.5 Å². The number of halogens is 2. The highest BCUT2D eigenvalue weighted by Crippen LogP contribution is 2.31. The molecule has 1 saturated carbocycles. The first kappa shape index (κ1) is 10.6. The topological polar surface area (TPSA) is 17.1 Å². The molecule has 0 N–H and O–H groups in total. The average molecular weight is 190 g/mol. The molecule has 76 valence electrons. The highest BCUT2D eigenvalue weighted by atomic mass is 19.3. The first-order valence-corrected chi connectivity index (χ1v) is 4.97. The third kappa shape index (κ3) is 2.75. The molecule has 0 radical (unpaired) electrons. The Morgan fingerprint density at radius 2 is 1.85 bits per heavy atom. The summed E-state index contributed by atoms with van der Waals surface area (Å²) in [5.74, 6) is -0.543. The van der Waals surface area contributed by atoms with E-state index in [4.69, 9.17) is 0 Å². The van der Waals surface area contributed by atoms with Crippen molar-refractivity contribution >= 4 is 5.78 Å². The maximum absolute atomic E-state index is 12.0. The summed E-state index contributed by atoms with van der Waals surface area (Å²) in [6.45, 7) is 2.11. The Balaban J connectivity index is 2.36. The van der Waals surface area contributed by atoms with Crippen molar-refractivity contribution in [2.45, 2.75) is 45.5 Å². The van der Waals surface area contributed by atoms with E-state index in [0.29, 0.717) is 18.8 Å². The van der Waals surface area contributed by atoms with Gasteiger partial charge in [-0.15, -0.1) is 0 Å². The van der Waals surface area contributed by atoms with Crippen LogP contribution in [0.3, 0.4) is 0 Å². The number of carbonyl (C=O) groups excluding carboxylic acids is 1. The fraction of sp³-hybridized carbons (Fsp3) is 0.900. The molecule has 0 saturated heterocycles. The van der Waals surface area contributed by atoms with Gasteiger partial charge in [0.1, 0.15) is 0 Å². The Morgan fingerprint density at radius 1 is 1.31 bits per heavy atom. The second kappa shape index (κ2) is 4.68. The first-order chi connectivity index (χ1) is 6.15. The number of ketones is 1. The number of Topliss-reactive ketones (excluding diaryl/α,β-unsaturated/α-hetero) is 1. The smallest absolute Gasteiger partial charge is 0.293 e. The Bertz CT molecular complexity index is 172. The van der Waals surface area contributed by atoms with Gasteiger partial charge in [-0.2, -0.15) is 0 Å². The zero-order chi connectivity index (χ0) is 9.84. The Morgan fingerprint density at radius 3 is 2.23 bits per heavy atom. The number of rotatable bonds is 3. The van der Waals surface area contributed by atoms with Crippen LogP contribution in [0, 0.1) is 11.8 Å². The highest BCUT2D eigenvalue weighted by molar-refractivity contribution is 5.83. The molecule has 0 aromatic rings. The molecule has 3 heteroatoms. The van der Waals surface area contributed by atoms with E-state index >= 15 is 0 Å². The Hall–Kier alpha value is -0.470. The average Bonchev–Trinajstić information content (AvgIpc) is 2.17. The molecule has 1 aliphatic rings. The predicted octanol–water partition coefficient (Wildman–Crippen LogP) is 3.04. The van der Waals surface area contributed by atoms with Gasteiger partial charge in [0, 0.05) is 5.92 Å². The summed E-state index contributed by atoms with van der Waals surface area (Å²) in [5.41, 5.74) is 0. The van der Waals surface area contributed by atoms with Crippen LogP contribution in [-0.2, 0) is 4.79 Å². The van der Waals surface area contributed by atoms with Crippen LogP contribution in [0.15, 0.2) is 0 Å². The van der Waals surface area contributed by atoms with Crippen molar-refractivity contribution in [1.82, 2.24) is 0 Å². The molecule has 13 heavy (non-hydrogen) atoms. The van der Waals surface area contributed by atoms with Crippen LogP contribution >= 0.6 is 0 Å². The van der Waals surface area contributed by atoms with Gasteiger partial charge in [-0.3, -0.25) is 4.79 Å². The molecule has 0 spiro atoms. The molecule has 0 bridgehead atoms. The Kier molecular flexibility index (Phi) is 3.82. The van der Waals surface area contributed by atoms with E-state index in [1.165, 1.54) is 0 Å². The predicted molar refractivity (Wildman–Crippen MR) is 46.8 cm³/mol. The molecular weight excluding hydrogens is 174 g/mol. The van der Waals surface area contributed by atoms with Crippen molar-refractivity contribution in [3.8, 4) is 0 Å². The molecule has 0 atom stereocenters.